The molecule has 4 aromatic rings. The predicted molar refractivity (Wildman–Crippen MR) is 80.9 cm³/mol. The van der Waals surface area contributed by atoms with Crippen molar-refractivity contribution in [2.75, 3.05) is 0 Å². The summed E-state index contributed by atoms with van der Waals surface area (Å²) >= 11 is 3.37. The number of hydrogen-bond acceptors (Lipinski definition) is 5. The molecule has 0 saturated carbocycles. The van der Waals surface area contributed by atoms with Crippen LogP contribution in [0.5, 0.6) is 0 Å². The molecule has 19 heavy (non-hydrogen) atoms. The first-order valence-corrected chi connectivity index (χ1v) is 8.91. The number of nitrogens with zero attached hydrogens (tertiary/aromatic N) is 3. The van der Waals surface area contributed by atoms with Crippen LogP contribution in [0.4, 0.5) is 0 Å². The van der Waals surface area contributed by atoms with Crippen LogP contribution in [0.15, 0.2) is 41.2 Å². The number of hydrogen-bond donors (Lipinski definition) is 0. The van der Waals surface area contributed by atoms with E-state index in [1.807, 2.05) is 12.3 Å². The normalized spacial score (nSPS) is 11.2. The van der Waals surface area contributed by atoms with Crippen LogP contribution in [0.25, 0.3) is 32.0 Å². The fourth-order valence-electron chi connectivity index (χ4n) is 1.98. The van der Waals surface area contributed by atoms with Crippen LogP contribution in [-0.2, 0) is 0 Å². The van der Waals surface area contributed by atoms with Gasteiger partial charge in [0.2, 0.25) is 0 Å². The van der Waals surface area contributed by atoms with Gasteiger partial charge in [-0.2, -0.15) is 0 Å². The molecule has 0 N–H and O–H groups in total. The Labute approximate surface area is 123 Å². The monoisotopic (exact) mass is 349 g/mol. The Kier molecular flexibility index (Phi) is 2.81. The number of rotatable bonds is 2. The van der Waals surface area contributed by atoms with Gasteiger partial charge in [0.05, 0.1) is 0 Å². The fraction of sp³-hybridized carbons (Fsp3) is 0. The molecular formula is C13H7N3S2Se. The van der Waals surface area contributed by atoms with Crippen molar-refractivity contribution in [3.05, 3.63) is 41.2 Å². The summed E-state index contributed by atoms with van der Waals surface area (Å²) in [6.07, 6.45) is 1.93. The summed E-state index contributed by atoms with van der Waals surface area (Å²) < 4.78 is 9.16. The molecule has 4 heterocycles. The Morgan fingerprint density at radius 2 is 1.63 bits per heavy atom. The van der Waals surface area contributed by atoms with Crippen LogP contribution < -0.4 is 0 Å². The fourth-order valence-corrected chi connectivity index (χ4v) is 4.62. The SMILES string of the molecule is c1csc(-c2cnc(-c3cccs3)c3n[se]nc23)c1. The third kappa shape index (κ3) is 1.88. The summed E-state index contributed by atoms with van der Waals surface area (Å²) in [4.78, 5) is 6.99. The summed E-state index contributed by atoms with van der Waals surface area (Å²) in [6.45, 7) is 0. The molecule has 3 nitrogen and oxygen atoms in total. The minimum atomic E-state index is -0.0383. The maximum absolute atomic E-state index is 4.62. The van der Waals surface area contributed by atoms with E-state index in [0.29, 0.717) is 0 Å². The first kappa shape index (κ1) is 11.5. The van der Waals surface area contributed by atoms with Crippen molar-refractivity contribution in [3.63, 3.8) is 0 Å². The van der Waals surface area contributed by atoms with E-state index in [1.165, 1.54) is 4.88 Å². The summed E-state index contributed by atoms with van der Waals surface area (Å²) in [5.41, 5.74) is 4.05. The second-order valence-electron chi connectivity index (χ2n) is 3.94. The first-order chi connectivity index (χ1) is 9.43. The second kappa shape index (κ2) is 4.65. The molecular weight excluding hydrogens is 341 g/mol. The van der Waals surface area contributed by atoms with Crippen LogP contribution in [0.3, 0.4) is 0 Å². The van der Waals surface area contributed by atoms with E-state index in [-0.39, 0.29) is 15.0 Å². The van der Waals surface area contributed by atoms with Crippen LogP contribution in [0, 0.1) is 0 Å². The topological polar surface area (TPSA) is 38.7 Å². The second-order valence-corrected chi connectivity index (χ2v) is 6.94. The molecule has 0 fully saturated rings. The molecule has 0 atom stereocenters. The minimum absolute atomic E-state index is 0.0383. The van der Waals surface area contributed by atoms with E-state index < -0.39 is 0 Å². The average Bonchev–Trinajstić information content (AvgIpc) is 3.19. The van der Waals surface area contributed by atoms with Gasteiger partial charge in [-0.15, -0.1) is 0 Å². The van der Waals surface area contributed by atoms with Crippen molar-refractivity contribution < 1.29 is 0 Å². The molecule has 0 amide bonds. The van der Waals surface area contributed by atoms with Gasteiger partial charge in [-0.3, -0.25) is 0 Å². The van der Waals surface area contributed by atoms with E-state index in [0.717, 1.165) is 27.2 Å². The van der Waals surface area contributed by atoms with Gasteiger partial charge in [0.25, 0.3) is 0 Å². The molecule has 0 aromatic carbocycles. The third-order valence-electron chi connectivity index (χ3n) is 2.83. The standard InChI is InChI=1S/C13H7N3S2Se/c1-3-9(17-5-1)8-7-14-12(10-4-2-6-18-10)13-11(8)15-19-16-13/h1-7H. The van der Waals surface area contributed by atoms with E-state index >= 15 is 0 Å². The molecule has 4 aromatic heterocycles. The molecule has 0 aliphatic heterocycles. The Hall–Kier alpha value is -1.33. The van der Waals surface area contributed by atoms with Crippen molar-refractivity contribution in [2.24, 2.45) is 0 Å². The summed E-state index contributed by atoms with van der Waals surface area (Å²) in [6, 6.07) is 8.28. The molecule has 0 bridgehead atoms. The van der Waals surface area contributed by atoms with Crippen molar-refractivity contribution >= 4 is 48.7 Å². The van der Waals surface area contributed by atoms with Crippen LogP contribution in [-0.4, -0.2) is 27.9 Å². The number of pyridine rings is 1. The molecule has 4 rings (SSSR count). The zero-order valence-electron chi connectivity index (χ0n) is 9.61. The van der Waals surface area contributed by atoms with Crippen molar-refractivity contribution in [3.8, 4) is 21.0 Å². The van der Waals surface area contributed by atoms with Gasteiger partial charge in [0.1, 0.15) is 0 Å². The Morgan fingerprint density at radius 3 is 2.37 bits per heavy atom. The van der Waals surface area contributed by atoms with Gasteiger partial charge in [0.15, 0.2) is 0 Å². The molecule has 0 unspecified atom stereocenters. The van der Waals surface area contributed by atoms with Crippen LogP contribution in [0.2, 0.25) is 0 Å². The molecule has 0 aliphatic carbocycles. The summed E-state index contributed by atoms with van der Waals surface area (Å²) in [7, 11) is 0. The molecule has 0 aliphatic rings. The van der Waals surface area contributed by atoms with E-state index in [4.69, 9.17) is 0 Å². The van der Waals surface area contributed by atoms with Gasteiger partial charge < -0.3 is 0 Å². The van der Waals surface area contributed by atoms with Gasteiger partial charge in [-0.05, 0) is 0 Å². The number of aromatic nitrogens is 3. The first-order valence-electron chi connectivity index (χ1n) is 5.62. The molecule has 0 radical (unpaired) electrons. The predicted octanol–water partition coefficient (Wildman–Crippen LogP) is 3.54. The van der Waals surface area contributed by atoms with E-state index in [2.05, 4.69) is 41.9 Å². The summed E-state index contributed by atoms with van der Waals surface area (Å²) in [5.74, 6) is 0. The van der Waals surface area contributed by atoms with Crippen molar-refractivity contribution in [1.82, 2.24) is 12.9 Å². The average molecular weight is 348 g/mol. The Bertz CT molecular complexity index is 751. The van der Waals surface area contributed by atoms with Gasteiger partial charge in [-0.1, -0.05) is 0 Å². The molecule has 0 saturated heterocycles. The Balaban J connectivity index is 2.01. The van der Waals surface area contributed by atoms with Crippen LogP contribution in [0.1, 0.15) is 0 Å². The molecule has 0 spiro atoms. The number of thiophene rings is 2. The van der Waals surface area contributed by atoms with Gasteiger partial charge in [0, 0.05) is 0 Å². The van der Waals surface area contributed by atoms with E-state index in [9.17, 15) is 0 Å². The van der Waals surface area contributed by atoms with Gasteiger partial charge in [-0.25, -0.2) is 0 Å². The quantitative estimate of drug-likeness (QED) is 0.520. The summed E-state index contributed by atoms with van der Waals surface area (Å²) in [5, 5.41) is 4.14. The maximum atomic E-state index is 4.62. The zero-order valence-corrected chi connectivity index (χ0v) is 13.0. The molecule has 92 valence electrons. The zero-order chi connectivity index (χ0) is 12.7. The molecule has 6 heteroatoms. The van der Waals surface area contributed by atoms with Crippen molar-refractivity contribution in [2.45, 2.75) is 0 Å². The number of fused-ring (bicyclic) bond motifs is 1. The third-order valence-corrected chi connectivity index (χ3v) is 5.72. The van der Waals surface area contributed by atoms with Crippen LogP contribution >= 0.6 is 22.7 Å². The van der Waals surface area contributed by atoms with E-state index in [1.54, 1.807) is 22.7 Å². The van der Waals surface area contributed by atoms with Crippen molar-refractivity contribution in [1.29, 1.82) is 0 Å². The van der Waals surface area contributed by atoms with Gasteiger partial charge >= 0.3 is 124 Å². The Morgan fingerprint density at radius 1 is 0.895 bits per heavy atom.